The van der Waals surface area contributed by atoms with Crippen LogP contribution in [0.3, 0.4) is 0 Å². The van der Waals surface area contributed by atoms with Crippen LogP contribution in [-0.4, -0.2) is 36.2 Å². The Kier molecular flexibility index (Phi) is 2.77. The van der Waals surface area contributed by atoms with Crippen molar-refractivity contribution < 1.29 is 23.9 Å². The third-order valence-corrected chi connectivity index (χ3v) is 4.00. The molecule has 1 amide bonds. The Morgan fingerprint density at radius 1 is 1.53 bits per heavy atom. The average Bonchev–Trinajstić information content (AvgIpc) is 2.58. The zero-order valence-electron chi connectivity index (χ0n) is 10.9. The fourth-order valence-corrected chi connectivity index (χ4v) is 2.80. The number of nitrogens with one attached hydrogen (secondary N) is 1. The van der Waals surface area contributed by atoms with Gasteiger partial charge in [0.25, 0.3) is 0 Å². The number of nitrogens with zero attached hydrogens (tertiary/aromatic N) is 1. The second-order valence-electron chi connectivity index (χ2n) is 4.94. The summed E-state index contributed by atoms with van der Waals surface area (Å²) in [5.74, 6) is -3.33. The second-order valence-corrected chi connectivity index (χ2v) is 4.94. The third-order valence-electron chi connectivity index (χ3n) is 4.00. The first-order valence-corrected chi connectivity index (χ1v) is 5.90. The summed E-state index contributed by atoms with van der Waals surface area (Å²) in [5.41, 5.74) is -2.62. The molecule has 7 heteroatoms. The molecule has 0 radical (unpaired) electrons. The van der Waals surface area contributed by atoms with Gasteiger partial charge >= 0.3 is 23.9 Å². The van der Waals surface area contributed by atoms with Gasteiger partial charge in [-0.25, -0.2) is 6.57 Å². The van der Waals surface area contributed by atoms with Crippen molar-refractivity contribution in [3.05, 3.63) is 11.4 Å². The van der Waals surface area contributed by atoms with Gasteiger partial charge in [-0.15, -0.1) is 0 Å². The topological polar surface area (TPSA) is 86.1 Å². The maximum atomic E-state index is 11.9. The van der Waals surface area contributed by atoms with Crippen molar-refractivity contribution in [3.8, 4) is 0 Å². The van der Waals surface area contributed by atoms with Gasteiger partial charge in [0, 0.05) is 0 Å². The van der Waals surface area contributed by atoms with Gasteiger partial charge in [-0.2, -0.15) is 0 Å². The number of hydrogen-bond donors (Lipinski definition) is 1. The van der Waals surface area contributed by atoms with Crippen molar-refractivity contribution in [2.45, 2.75) is 32.5 Å². The van der Waals surface area contributed by atoms with Crippen molar-refractivity contribution in [1.82, 2.24) is 5.32 Å². The molecular weight excluding hydrogens is 252 g/mol. The highest BCUT2D eigenvalue weighted by Crippen LogP contribution is 2.54. The average molecular weight is 266 g/mol. The van der Waals surface area contributed by atoms with Gasteiger partial charge in [-0.1, -0.05) is 0 Å². The second kappa shape index (κ2) is 3.95. The predicted octanol–water partition coefficient (Wildman–Crippen LogP) is -0.137. The highest BCUT2D eigenvalue weighted by atomic mass is 16.6. The van der Waals surface area contributed by atoms with Crippen LogP contribution >= 0.6 is 0 Å². The summed E-state index contributed by atoms with van der Waals surface area (Å²) >= 11 is 0. The zero-order chi connectivity index (χ0) is 14.4. The van der Waals surface area contributed by atoms with E-state index in [9.17, 15) is 14.4 Å². The molecule has 102 valence electrons. The lowest BCUT2D eigenvalue weighted by Crippen LogP contribution is -2.50. The number of esters is 2. The highest BCUT2D eigenvalue weighted by molar-refractivity contribution is 6.02. The molecule has 0 saturated carbocycles. The van der Waals surface area contributed by atoms with E-state index in [-0.39, 0.29) is 6.61 Å². The van der Waals surface area contributed by atoms with Crippen LogP contribution in [-0.2, 0) is 23.9 Å². The maximum absolute atomic E-state index is 11.9. The largest absolute Gasteiger partial charge is 0.465 e. The molecule has 2 saturated heterocycles. The van der Waals surface area contributed by atoms with Crippen LogP contribution in [0, 0.1) is 17.9 Å². The Balaban J connectivity index is 2.51. The molecule has 2 aliphatic rings. The Bertz CT molecular complexity index is 511. The SMILES string of the molecule is [C-]#[N+]C1C(=O)N[C@@]2(C)OC(=O)C(C(=O)OCC)[C@@]12C. The standard InChI is InChI=1S/C12H14N2O5/c1-5-18-9(16)6-10(17)19-12(3)11(6,2)7(13-4)8(15)14-12/h6-7H,5H2,1-3H3,(H,14,15)/t6?,7?,11-,12-/m0/s1. The Morgan fingerprint density at radius 3 is 2.68 bits per heavy atom. The van der Waals surface area contributed by atoms with E-state index in [2.05, 4.69) is 10.2 Å². The number of rotatable bonds is 2. The Morgan fingerprint density at radius 2 is 2.16 bits per heavy atom. The number of ether oxygens (including phenoxy) is 2. The molecule has 7 nitrogen and oxygen atoms in total. The summed E-state index contributed by atoms with van der Waals surface area (Å²) in [6.45, 7) is 11.9. The minimum Gasteiger partial charge on any atom is -0.465 e. The van der Waals surface area contributed by atoms with E-state index in [0.717, 1.165) is 0 Å². The number of hydrogen-bond acceptors (Lipinski definition) is 5. The number of amides is 1. The van der Waals surface area contributed by atoms with Crippen LogP contribution < -0.4 is 5.32 Å². The summed E-state index contributed by atoms with van der Waals surface area (Å²) in [6, 6.07) is -1.15. The lowest BCUT2D eigenvalue weighted by molar-refractivity contribution is -0.159. The van der Waals surface area contributed by atoms with Gasteiger partial charge in [-0.3, -0.25) is 14.4 Å². The minimum atomic E-state index is -1.35. The van der Waals surface area contributed by atoms with Crippen molar-refractivity contribution in [3.63, 3.8) is 0 Å². The Labute approximate surface area is 110 Å². The number of carbonyl (C=O) groups is 3. The van der Waals surface area contributed by atoms with Gasteiger partial charge in [0.1, 0.15) is 5.41 Å². The lowest BCUT2D eigenvalue weighted by Gasteiger charge is -2.30. The van der Waals surface area contributed by atoms with E-state index in [4.69, 9.17) is 16.0 Å². The molecule has 0 bridgehead atoms. The highest BCUT2D eigenvalue weighted by Gasteiger charge is 2.77. The Hall–Kier alpha value is -2.10. The van der Waals surface area contributed by atoms with E-state index in [1.807, 2.05) is 0 Å². The van der Waals surface area contributed by atoms with Crippen molar-refractivity contribution >= 4 is 17.8 Å². The summed E-state index contributed by atoms with van der Waals surface area (Å²) in [6.07, 6.45) is 0. The molecule has 2 fully saturated rings. The molecule has 2 aliphatic heterocycles. The zero-order valence-corrected chi connectivity index (χ0v) is 10.9. The number of carbonyl (C=O) groups excluding carboxylic acids is 3. The van der Waals surface area contributed by atoms with E-state index in [1.54, 1.807) is 6.92 Å². The van der Waals surface area contributed by atoms with Crippen molar-refractivity contribution in [1.29, 1.82) is 0 Å². The molecule has 2 rings (SSSR count). The van der Waals surface area contributed by atoms with Crippen molar-refractivity contribution in [2.24, 2.45) is 11.3 Å². The molecule has 0 aromatic carbocycles. The van der Waals surface area contributed by atoms with Crippen LogP contribution in [0.1, 0.15) is 20.8 Å². The summed E-state index contributed by atoms with van der Waals surface area (Å²) in [7, 11) is 0. The molecule has 2 unspecified atom stereocenters. The van der Waals surface area contributed by atoms with Crippen LogP contribution in [0.25, 0.3) is 4.85 Å². The summed E-state index contributed by atoms with van der Waals surface area (Å²) < 4.78 is 10.0. The number of fused-ring (bicyclic) bond motifs is 1. The van der Waals surface area contributed by atoms with Crippen LogP contribution in [0.5, 0.6) is 0 Å². The molecule has 0 aromatic rings. The molecule has 1 N–H and O–H groups in total. The van der Waals surface area contributed by atoms with E-state index in [1.165, 1.54) is 13.8 Å². The fraction of sp³-hybridized carbons (Fsp3) is 0.667. The van der Waals surface area contributed by atoms with Gasteiger partial charge < -0.3 is 19.6 Å². The molecule has 0 spiro atoms. The lowest BCUT2D eigenvalue weighted by atomic mass is 9.69. The van der Waals surface area contributed by atoms with Crippen LogP contribution in [0.2, 0.25) is 0 Å². The maximum Gasteiger partial charge on any atom is 0.323 e. The van der Waals surface area contributed by atoms with E-state index >= 15 is 0 Å². The summed E-state index contributed by atoms with van der Waals surface area (Å²) in [5, 5.41) is 2.49. The van der Waals surface area contributed by atoms with Gasteiger partial charge in [0.2, 0.25) is 0 Å². The van der Waals surface area contributed by atoms with Crippen LogP contribution in [0.15, 0.2) is 0 Å². The third kappa shape index (κ3) is 1.46. The minimum absolute atomic E-state index is 0.111. The summed E-state index contributed by atoms with van der Waals surface area (Å²) in [4.78, 5) is 38.9. The quantitative estimate of drug-likeness (QED) is 0.427. The molecule has 4 atom stereocenters. The van der Waals surface area contributed by atoms with Gasteiger partial charge in [0.05, 0.1) is 6.61 Å². The first-order chi connectivity index (χ1) is 8.81. The fourth-order valence-electron chi connectivity index (χ4n) is 2.80. The van der Waals surface area contributed by atoms with E-state index in [0.29, 0.717) is 0 Å². The van der Waals surface area contributed by atoms with Gasteiger partial charge in [0.15, 0.2) is 11.6 Å². The first-order valence-electron chi connectivity index (χ1n) is 5.90. The molecule has 19 heavy (non-hydrogen) atoms. The van der Waals surface area contributed by atoms with Crippen molar-refractivity contribution in [2.75, 3.05) is 6.61 Å². The molecular formula is C12H14N2O5. The molecule has 2 heterocycles. The van der Waals surface area contributed by atoms with Gasteiger partial charge in [-0.05, 0) is 20.8 Å². The van der Waals surface area contributed by atoms with E-state index < -0.39 is 40.9 Å². The van der Waals surface area contributed by atoms with Crippen LogP contribution in [0.4, 0.5) is 0 Å². The first kappa shape index (κ1) is 13.3. The molecule has 0 aliphatic carbocycles. The smallest absolute Gasteiger partial charge is 0.323 e. The molecule has 0 aromatic heterocycles. The monoisotopic (exact) mass is 266 g/mol. The normalized spacial score (nSPS) is 40.1. The predicted molar refractivity (Wildman–Crippen MR) is 61.3 cm³/mol.